The van der Waals surface area contributed by atoms with Gasteiger partial charge in [-0.1, -0.05) is 43.0 Å². The maximum Gasteiger partial charge on any atom is 0.166 e. The molecule has 2 nitrogen and oxygen atoms in total. The van der Waals surface area contributed by atoms with E-state index in [0.29, 0.717) is 6.04 Å². The number of hydrogen-bond acceptors (Lipinski definition) is 1. The molecule has 0 spiro atoms. The zero-order valence-electron chi connectivity index (χ0n) is 11.3. The summed E-state index contributed by atoms with van der Waals surface area (Å²) in [7, 11) is 0. The molecular formula is C15H21ClN2S. The third-order valence-electron chi connectivity index (χ3n) is 3.64. The molecule has 1 fully saturated rings. The van der Waals surface area contributed by atoms with Gasteiger partial charge in [0.05, 0.1) is 6.04 Å². The van der Waals surface area contributed by atoms with Crippen LogP contribution in [0.15, 0.2) is 24.3 Å². The Balaban J connectivity index is 1.84. The van der Waals surface area contributed by atoms with E-state index < -0.39 is 0 Å². The van der Waals surface area contributed by atoms with Crippen LogP contribution in [-0.4, -0.2) is 11.2 Å². The Bertz CT molecular complexity index is 430. The molecule has 0 radical (unpaired) electrons. The second kappa shape index (κ2) is 7.11. The SMILES string of the molecule is C[C@H](NC(=S)NC1CCCCC1)c1cccc(Cl)c1. The van der Waals surface area contributed by atoms with Crippen LogP contribution in [0.2, 0.25) is 5.02 Å². The van der Waals surface area contributed by atoms with Crippen molar-refractivity contribution in [2.75, 3.05) is 0 Å². The topological polar surface area (TPSA) is 24.1 Å². The lowest BCUT2D eigenvalue weighted by molar-refractivity contribution is 0.411. The highest BCUT2D eigenvalue weighted by molar-refractivity contribution is 7.80. The van der Waals surface area contributed by atoms with Crippen LogP contribution in [0.4, 0.5) is 0 Å². The Morgan fingerprint density at radius 3 is 2.74 bits per heavy atom. The fourth-order valence-corrected chi connectivity index (χ4v) is 3.07. The first-order valence-corrected chi connectivity index (χ1v) is 7.76. The van der Waals surface area contributed by atoms with E-state index in [4.69, 9.17) is 23.8 Å². The predicted octanol–water partition coefficient (Wildman–Crippen LogP) is 4.20. The van der Waals surface area contributed by atoms with E-state index in [-0.39, 0.29) is 6.04 Å². The number of thiocarbonyl (C=S) groups is 1. The lowest BCUT2D eigenvalue weighted by atomic mass is 9.96. The van der Waals surface area contributed by atoms with E-state index >= 15 is 0 Å². The van der Waals surface area contributed by atoms with E-state index in [2.05, 4.69) is 23.6 Å². The first-order chi connectivity index (χ1) is 9.15. The lowest BCUT2D eigenvalue weighted by Gasteiger charge is -2.26. The van der Waals surface area contributed by atoms with Crippen LogP contribution in [0, 0.1) is 0 Å². The second-order valence-electron chi connectivity index (χ2n) is 5.23. The third kappa shape index (κ3) is 4.66. The molecule has 2 N–H and O–H groups in total. The van der Waals surface area contributed by atoms with Crippen molar-refractivity contribution in [1.82, 2.24) is 10.6 Å². The fourth-order valence-electron chi connectivity index (χ4n) is 2.53. The molecule has 1 atom stereocenters. The minimum absolute atomic E-state index is 0.169. The van der Waals surface area contributed by atoms with Crippen molar-refractivity contribution in [2.24, 2.45) is 0 Å². The quantitative estimate of drug-likeness (QED) is 0.818. The zero-order valence-corrected chi connectivity index (χ0v) is 12.9. The maximum absolute atomic E-state index is 6.00. The second-order valence-corrected chi connectivity index (χ2v) is 6.07. The first kappa shape index (κ1) is 14.6. The summed E-state index contributed by atoms with van der Waals surface area (Å²) in [5, 5.41) is 8.26. The van der Waals surface area contributed by atoms with E-state index in [1.165, 1.54) is 32.1 Å². The molecule has 2 rings (SSSR count). The molecule has 0 saturated heterocycles. The van der Waals surface area contributed by atoms with E-state index in [9.17, 15) is 0 Å². The van der Waals surface area contributed by atoms with Gasteiger partial charge in [0.25, 0.3) is 0 Å². The summed E-state index contributed by atoms with van der Waals surface area (Å²) in [4.78, 5) is 0. The molecule has 19 heavy (non-hydrogen) atoms. The largest absolute Gasteiger partial charge is 0.360 e. The summed E-state index contributed by atoms with van der Waals surface area (Å²) in [6, 6.07) is 8.60. The molecule has 1 saturated carbocycles. The first-order valence-electron chi connectivity index (χ1n) is 6.97. The van der Waals surface area contributed by atoms with Gasteiger partial charge in [-0.3, -0.25) is 0 Å². The normalized spacial score (nSPS) is 17.8. The number of hydrogen-bond donors (Lipinski definition) is 2. The number of nitrogens with one attached hydrogen (secondary N) is 2. The summed E-state index contributed by atoms with van der Waals surface area (Å²) in [6.45, 7) is 2.10. The monoisotopic (exact) mass is 296 g/mol. The van der Waals surface area contributed by atoms with Crippen LogP contribution >= 0.6 is 23.8 Å². The Morgan fingerprint density at radius 2 is 2.05 bits per heavy atom. The molecule has 1 aromatic carbocycles. The van der Waals surface area contributed by atoms with Crippen LogP contribution in [0.3, 0.4) is 0 Å². The van der Waals surface area contributed by atoms with Gasteiger partial charge in [-0.25, -0.2) is 0 Å². The highest BCUT2D eigenvalue weighted by Gasteiger charge is 2.15. The van der Waals surface area contributed by atoms with Crippen molar-refractivity contribution >= 4 is 28.9 Å². The van der Waals surface area contributed by atoms with Gasteiger partial charge in [-0.15, -0.1) is 0 Å². The van der Waals surface area contributed by atoms with Crippen molar-refractivity contribution in [1.29, 1.82) is 0 Å². The van der Waals surface area contributed by atoms with Crippen molar-refractivity contribution in [2.45, 2.75) is 51.1 Å². The molecular weight excluding hydrogens is 276 g/mol. The molecule has 0 heterocycles. The molecule has 1 aromatic rings. The van der Waals surface area contributed by atoms with Gasteiger partial charge in [0, 0.05) is 11.1 Å². The summed E-state index contributed by atoms with van der Waals surface area (Å²) < 4.78 is 0. The lowest BCUT2D eigenvalue weighted by Crippen LogP contribution is -2.43. The third-order valence-corrected chi connectivity index (χ3v) is 4.11. The van der Waals surface area contributed by atoms with Crippen molar-refractivity contribution < 1.29 is 0 Å². The van der Waals surface area contributed by atoms with Gasteiger partial charge in [0.2, 0.25) is 0 Å². The van der Waals surface area contributed by atoms with Crippen molar-refractivity contribution in [3.63, 3.8) is 0 Å². The Morgan fingerprint density at radius 1 is 1.32 bits per heavy atom. The minimum Gasteiger partial charge on any atom is -0.360 e. The molecule has 0 aliphatic heterocycles. The van der Waals surface area contributed by atoms with Crippen molar-refractivity contribution in [3.05, 3.63) is 34.9 Å². The Kier molecular flexibility index (Phi) is 5.46. The van der Waals surface area contributed by atoms with E-state index in [1.54, 1.807) is 0 Å². The molecule has 0 unspecified atom stereocenters. The molecule has 1 aliphatic carbocycles. The highest BCUT2D eigenvalue weighted by Crippen LogP contribution is 2.19. The number of rotatable bonds is 3. The van der Waals surface area contributed by atoms with Crippen LogP contribution in [-0.2, 0) is 0 Å². The summed E-state index contributed by atoms with van der Waals surface area (Å²) >= 11 is 11.4. The highest BCUT2D eigenvalue weighted by atomic mass is 35.5. The Labute approximate surface area is 125 Å². The fraction of sp³-hybridized carbons (Fsp3) is 0.533. The molecule has 104 valence electrons. The van der Waals surface area contributed by atoms with Gasteiger partial charge >= 0.3 is 0 Å². The molecule has 0 amide bonds. The van der Waals surface area contributed by atoms with E-state index in [1.807, 2.05) is 18.2 Å². The average molecular weight is 297 g/mol. The van der Waals surface area contributed by atoms with Gasteiger partial charge in [-0.05, 0) is 49.7 Å². The summed E-state index contributed by atoms with van der Waals surface area (Å²) in [5.74, 6) is 0. The van der Waals surface area contributed by atoms with Crippen LogP contribution in [0.5, 0.6) is 0 Å². The minimum atomic E-state index is 0.169. The Hall–Kier alpha value is -0.800. The van der Waals surface area contributed by atoms with Crippen LogP contribution < -0.4 is 10.6 Å². The van der Waals surface area contributed by atoms with Crippen LogP contribution in [0.25, 0.3) is 0 Å². The average Bonchev–Trinajstić information content (AvgIpc) is 2.39. The number of halogens is 1. The molecule has 0 aromatic heterocycles. The van der Waals surface area contributed by atoms with E-state index in [0.717, 1.165) is 15.7 Å². The molecule has 4 heteroatoms. The molecule has 0 bridgehead atoms. The van der Waals surface area contributed by atoms with Crippen molar-refractivity contribution in [3.8, 4) is 0 Å². The number of benzene rings is 1. The zero-order chi connectivity index (χ0) is 13.7. The standard InChI is InChI=1S/C15H21ClN2S/c1-11(12-6-5-7-13(16)10-12)17-15(19)18-14-8-3-2-4-9-14/h5-7,10-11,14H,2-4,8-9H2,1H3,(H2,17,18,19)/t11-/m0/s1. The van der Waals surface area contributed by atoms with Crippen LogP contribution in [0.1, 0.15) is 50.6 Å². The van der Waals surface area contributed by atoms with Gasteiger partial charge in [0.1, 0.15) is 0 Å². The summed E-state index contributed by atoms with van der Waals surface area (Å²) in [6.07, 6.45) is 6.44. The smallest absolute Gasteiger partial charge is 0.166 e. The van der Waals surface area contributed by atoms with Gasteiger partial charge in [0.15, 0.2) is 5.11 Å². The molecule has 1 aliphatic rings. The van der Waals surface area contributed by atoms with Gasteiger partial charge < -0.3 is 10.6 Å². The predicted molar refractivity (Wildman–Crippen MR) is 85.6 cm³/mol. The maximum atomic E-state index is 6.00. The van der Waals surface area contributed by atoms with Gasteiger partial charge in [-0.2, -0.15) is 0 Å². The summed E-state index contributed by atoms with van der Waals surface area (Å²) in [5.41, 5.74) is 1.15.